The Morgan fingerprint density at radius 2 is 1.94 bits per heavy atom. The van der Waals surface area contributed by atoms with Crippen molar-refractivity contribution in [3.05, 3.63) is 29.8 Å². The first-order valence-electron chi connectivity index (χ1n) is 4.33. The van der Waals surface area contributed by atoms with Crippen molar-refractivity contribution in [1.29, 1.82) is 0 Å². The molecule has 3 N–H and O–H groups in total. The number of para-hydroxylation sites is 1. The van der Waals surface area contributed by atoms with Crippen molar-refractivity contribution in [2.24, 2.45) is 5.84 Å². The van der Waals surface area contributed by atoms with Gasteiger partial charge in [-0.15, -0.1) is 0 Å². The fourth-order valence-electron chi connectivity index (χ4n) is 1.05. The van der Waals surface area contributed by atoms with Crippen LogP contribution in [-0.4, -0.2) is 12.5 Å². The molecule has 16 heavy (non-hydrogen) atoms. The molecule has 0 spiro atoms. The lowest BCUT2D eigenvalue weighted by molar-refractivity contribution is -0.253. The van der Waals surface area contributed by atoms with E-state index in [0.29, 0.717) is 0 Å². The highest BCUT2D eigenvalue weighted by molar-refractivity contribution is 5.33. The molecular weight excluding hydrogens is 228 g/mol. The molecule has 0 saturated heterocycles. The standard InChI is InChI=1S/C9H10F4N2O/c10-8(11)9(12,13)16-7-4-2-1-3-6(7)5-15-14/h1-4,8,15H,5,14H2. The van der Waals surface area contributed by atoms with Crippen LogP contribution in [-0.2, 0) is 6.54 Å². The molecule has 1 rings (SSSR count). The molecule has 0 atom stereocenters. The first-order chi connectivity index (χ1) is 7.47. The van der Waals surface area contributed by atoms with Gasteiger partial charge in [0.25, 0.3) is 0 Å². The number of hydrogen-bond donors (Lipinski definition) is 2. The van der Waals surface area contributed by atoms with Crippen molar-refractivity contribution in [2.45, 2.75) is 19.1 Å². The zero-order valence-corrected chi connectivity index (χ0v) is 8.09. The van der Waals surface area contributed by atoms with Gasteiger partial charge >= 0.3 is 12.5 Å². The summed E-state index contributed by atoms with van der Waals surface area (Å²) >= 11 is 0. The zero-order chi connectivity index (χ0) is 12.2. The summed E-state index contributed by atoms with van der Waals surface area (Å²) in [5.41, 5.74) is 2.50. The van der Waals surface area contributed by atoms with Crippen LogP contribution in [0.3, 0.4) is 0 Å². The van der Waals surface area contributed by atoms with E-state index < -0.39 is 12.5 Å². The minimum Gasteiger partial charge on any atom is -0.428 e. The second kappa shape index (κ2) is 5.13. The third kappa shape index (κ3) is 3.07. The van der Waals surface area contributed by atoms with Gasteiger partial charge in [-0.3, -0.25) is 11.3 Å². The summed E-state index contributed by atoms with van der Waals surface area (Å²) in [5.74, 6) is 4.68. The lowest BCUT2D eigenvalue weighted by Gasteiger charge is -2.18. The first kappa shape index (κ1) is 12.7. The molecule has 0 aliphatic carbocycles. The predicted octanol–water partition coefficient (Wildman–Crippen LogP) is 1.89. The second-order valence-corrected chi connectivity index (χ2v) is 2.95. The molecule has 1 aromatic rings. The number of rotatable bonds is 5. The number of benzene rings is 1. The van der Waals surface area contributed by atoms with Gasteiger partial charge in [-0.25, -0.2) is 0 Å². The van der Waals surface area contributed by atoms with Gasteiger partial charge in [0, 0.05) is 12.1 Å². The molecule has 0 aromatic heterocycles. The lowest BCUT2D eigenvalue weighted by atomic mass is 10.2. The smallest absolute Gasteiger partial charge is 0.428 e. The molecule has 0 aliphatic rings. The average Bonchev–Trinajstić information content (AvgIpc) is 2.20. The molecule has 0 bridgehead atoms. The summed E-state index contributed by atoms with van der Waals surface area (Å²) in [6, 6.07) is 5.57. The van der Waals surface area contributed by atoms with E-state index in [1.807, 2.05) is 0 Å². The average molecular weight is 238 g/mol. The number of nitrogens with one attached hydrogen (secondary N) is 1. The largest absolute Gasteiger partial charge is 0.461 e. The molecular formula is C9H10F4N2O. The van der Waals surface area contributed by atoms with E-state index in [9.17, 15) is 17.6 Å². The topological polar surface area (TPSA) is 47.3 Å². The fourth-order valence-corrected chi connectivity index (χ4v) is 1.05. The van der Waals surface area contributed by atoms with E-state index in [0.717, 1.165) is 0 Å². The summed E-state index contributed by atoms with van der Waals surface area (Å²) in [6.07, 6.45) is -8.39. The van der Waals surface area contributed by atoms with Gasteiger partial charge in [0.15, 0.2) is 0 Å². The Kier molecular flexibility index (Phi) is 4.08. The van der Waals surface area contributed by atoms with E-state index in [1.165, 1.54) is 18.2 Å². The van der Waals surface area contributed by atoms with Gasteiger partial charge < -0.3 is 4.74 Å². The molecule has 3 nitrogen and oxygen atoms in total. The maximum absolute atomic E-state index is 12.6. The maximum Gasteiger partial charge on any atom is 0.461 e. The van der Waals surface area contributed by atoms with Crippen molar-refractivity contribution in [3.63, 3.8) is 0 Å². The molecule has 0 aliphatic heterocycles. The molecule has 0 heterocycles. The molecule has 1 aromatic carbocycles. The van der Waals surface area contributed by atoms with Crippen LogP contribution < -0.4 is 16.0 Å². The van der Waals surface area contributed by atoms with Gasteiger partial charge in [0.1, 0.15) is 5.75 Å². The number of hydrazine groups is 1. The Hall–Kier alpha value is -1.34. The van der Waals surface area contributed by atoms with Crippen LogP contribution in [0.15, 0.2) is 24.3 Å². The highest BCUT2D eigenvalue weighted by atomic mass is 19.3. The van der Waals surface area contributed by atoms with Crippen molar-refractivity contribution in [2.75, 3.05) is 0 Å². The Morgan fingerprint density at radius 3 is 2.50 bits per heavy atom. The molecule has 0 unspecified atom stereocenters. The van der Waals surface area contributed by atoms with E-state index >= 15 is 0 Å². The van der Waals surface area contributed by atoms with Crippen LogP contribution in [0.4, 0.5) is 17.6 Å². The fraction of sp³-hybridized carbons (Fsp3) is 0.333. The Bertz CT molecular complexity index is 346. The lowest BCUT2D eigenvalue weighted by Crippen LogP contribution is -2.34. The van der Waals surface area contributed by atoms with E-state index in [2.05, 4.69) is 10.2 Å². The SMILES string of the molecule is NNCc1ccccc1OC(F)(F)C(F)F. The van der Waals surface area contributed by atoms with Crippen LogP contribution in [0, 0.1) is 0 Å². The molecule has 7 heteroatoms. The Morgan fingerprint density at radius 1 is 1.31 bits per heavy atom. The van der Waals surface area contributed by atoms with E-state index in [1.54, 1.807) is 6.07 Å². The number of halogens is 4. The van der Waals surface area contributed by atoms with E-state index in [4.69, 9.17) is 5.84 Å². The third-order valence-electron chi connectivity index (χ3n) is 1.77. The first-order valence-corrected chi connectivity index (χ1v) is 4.33. The van der Waals surface area contributed by atoms with Crippen LogP contribution in [0.1, 0.15) is 5.56 Å². The van der Waals surface area contributed by atoms with Crippen molar-refractivity contribution < 1.29 is 22.3 Å². The number of hydrogen-bond acceptors (Lipinski definition) is 3. The molecule has 0 saturated carbocycles. The van der Waals surface area contributed by atoms with Crippen molar-refractivity contribution in [3.8, 4) is 5.75 Å². The minimum absolute atomic E-state index is 0.0372. The Labute approximate surface area is 89.2 Å². The molecule has 0 amide bonds. The van der Waals surface area contributed by atoms with Crippen LogP contribution in [0.2, 0.25) is 0 Å². The highest BCUT2D eigenvalue weighted by Gasteiger charge is 2.44. The van der Waals surface area contributed by atoms with E-state index in [-0.39, 0.29) is 17.9 Å². The second-order valence-electron chi connectivity index (χ2n) is 2.95. The number of ether oxygens (including phenoxy) is 1. The van der Waals surface area contributed by atoms with Gasteiger partial charge in [-0.2, -0.15) is 17.6 Å². The Balaban J connectivity index is 2.88. The summed E-state index contributed by atoms with van der Waals surface area (Å²) in [7, 11) is 0. The van der Waals surface area contributed by atoms with Crippen LogP contribution in [0.25, 0.3) is 0 Å². The highest BCUT2D eigenvalue weighted by Crippen LogP contribution is 2.29. The quantitative estimate of drug-likeness (QED) is 0.468. The summed E-state index contributed by atoms with van der Waals surface area (Å²) in [4.78, 5) is 0. The number of alkyl halides is 4. The van der Waals surface area contributed by atoms with Crippen molar-refractivity contribution in [1.82, 2.24) is 5.43 Å². The summed E-state index contributed by atoms with van der Waals surface area (Å²) in [6.45, 7) is 0.0372. The summed E-state index contributed by atoms with van der Waals surface area (Å²) in [5, 5.41) is 0. The van der Waals surface area contributed by atoms with Crippen LogP contribution >= 0.6 is 0 Å². The molecule has 90 valence electrons. The van der Waals surface area contributed by atoms with Crippen molar-refractivity contribution >= 4 is 0 Å². The third-order valence-corrected chi connectivity index (χ3v) is 1.77. The summed E-state index contributed by atoms with van der Waals surface area (Å²) < 4.78 is 53.0. The zero-order valence-electron chi connectivity index (χ0n) is 8.09. The normalized spacial score (nSPS) is 11.9. The minimum atomic E-state index is -4.51. The van der Waals surface area contributed by atoms with Gasteiger partial charge in [0.05, 0.1) is 0 Å². The monoisotopic (exact) mass is 238 g/mol. The predicted molar refractivity (Wildman–Crippen MR) is 49.0 cm³/mol. The molecule has 0 radical (unpaired) electrons. The maximum atomic E-state index is 12.6. The van der Waals surface area contributed by atoms with Gasteiger partial charge in [-0.05, 0) is 6.07 Å². The van der Waals surface area contributed by atoms with Gasteiger partial charge in [0.2, 0.25) is 0 Å². The molecule has 0 fully saturated rings. The van der Waals surface area contributed by atoms with Crippen LogP contribution in [0.5, 0.6) is 5.75 Å². The number of nitrogens with two attached hydrogens (primary N) is 1. The van der Waals surface area contributed by atoms with Gasteiger partial charge in [-0.1, -0.05) is 18.2 Å².